The van der Waals surface area contributed by atoms with Gasteiger partial charge < -0.3 is 0 Å². The Kier molecular flexibility index (Phi) is 2.68. The molecule has 1 unspecified atom stereocenters. The number of hydrogen-bond acceptors (Lipinski definition) is 2. The molecule has 74 valence electrons. The molecule has 0 radical (unpaired) electrons. The molecule has 2 heteroatoms. The van der Waals surface area contributed by atoms with Gasteiger partial charge in [-0.3, -0.25) is 4.90 Å². The fourth-order valence-electron chi connectivity index (χ4n) is 2.48. The smallest absolute Gasteiger partial charge is 0.0701 e. The van der Waals surface area contributed by atoms with Crippen LogP contribution in [0.4, 0.5) is 0 Å². The van der Waals surface area contributed by atoms with Gasteiger partial charge in [0.05, 0.1) is 11.5 Å². The van der Waals surface area contributed by atoms with Gasteiger partial charge in [0.25, 0.3) is 0 Å². The molecular formula is C11H20N2. The van der Waals surface area contributed by atoms with Crippen LogP contribution in [0, 0.1) is 16.7 Å². The molecule has 1 aliphatic rings. The summed E-state index contributed by atoms with van der Waals surface area (Å²) < 4.78 is 0. The maximum Gasteiger partial charge on any atom is 0.0701 e. The van der Waals surface area contributed by atoms with Crippen LogP contribution in [0.25, 0.3) is 0 Å². The Balaban J connectivity index is 2.74. The molecule has 0 spiro atoms. The van der Waals surface area contributed by atoms with Crippen molar-refractivity contribution in [2.75, 3.05) is 13.1 Å². The zero-order valence-electron chi connectivity index (χ0n) is 9.22. The van der Waals surface area contributed by atoms with Crippen LogP contribution in [-0.2, 0) is 0 Å². The Bertz CT molecular complexity index is 227. The zero-order chi connectivity index (χ0) is 10.1. The largest absolute Gasteiger partial charge is 0.297 e. The molecule has 13 heavy (non-hydrogen) atoms. The highest BCUT2D eigenvalue weighted by Gasteiger charge is 2.45. The Morgan fingerprint density at radius 3 is 2.38 bits per heavy atom. The SMILES string of the molecule is CCCN1CC(C)(C#N)CC1(C)C. The molecule has 0 aromatic rings. The van der Waals surface area contributed by atoms with Crippen LogP contribution < -0.4 is 0 Å². The summed E-state index contributed by atoms with van der Waals surface area (Å²) in [5, 5.41) is 9.07. The second-order valence-corrected chi connectivity index (χ2v) is 5.08. The molecule has 0 N–H and O–H groups in total. The lowest BCUT2D eigenvalue weighted by Gasteiger charge is -2.30. The van der Waals surface area contributed by atoms with E-state index in [1.54, 1.807) is 0 Å². The highest BCUT2D eigenvalue weighted by Crippen LogP contribution is 2.40. The van der Waals surface area contributed by atoms with Gasteiger partial charge in [0.2, 0.25) is 0 Å². The van der Waals surface area contributed by atoms with Crippen LogP contribution in [0.3, 0.4) is 0 Å². The number of likely N-dealkylation sites (tertiary alicyclic amines) is 1. The van der Waals surface area contributed by atoms with E-state index in [1.165, 1.54) is 6.42 Å². The summed E-state index contributed by atoms with van der Waals surface area (Å²) in [5.74, 6) is 0. The third-order valence-corrected chi connectivity index (χ3v) is 2.98. The monoisotopic (exact) mass is 180 g/mol. The van der Waals surface area contributed by atoms with E-state index in [2.05, 4.69) is 38.7 Å². The van der Waals surface area contributed by atoms with Crippen LogP contribution in [0.15, 0.2) is 0 Å². The normalized spacial score (nSPS) is 33.2. The molecule has 1 saturated heterocycles. The number of nitriles is 1. The first-order chi connectivity index (χ1) is 5.93. The quantitative estimate of drug-likeness (QED) is 0.652. The highest BCUT2D eigenvalue weighted by atomic mass is 15.2. The lowest BCUT2D eigenvalue weighted by Crippen LogP contribution is -2.38. The Labute approximate surface area is 81.5 Å². The third-order valence-electron chi connectivity index (χ3n) is 2.98. The summed E-state index contributed by atoms with van der Waals surface area (Å²) in [6.07, 6.45) is 2.17. The fourth-order valence-corrected chi connectivity index (χ4v) is 2.48. The van der Waals surface area contributed by atoms with Crippen LogP contribution >= 0.6 is 0 Å². The maximum absolute atomic E-state index is 9.07. The third kappa shape index (κ3) is 2.03. The lowest BCUT2D eigenvalue weighted by atomic mass is 9.85. The van der Waals surface area contributed by atoms with E-state index in [4.69, 9.17) is 5.26 Å². The maximum atomic E-state index is 9.07. The van der Waals surface area contributed by atoms with Crippen molar-refractivity contribution in [1.29, 1.82) is 5.26 Å². The minimum Gasteiger partial charge on any atom is -0.297 e. The van der Waals surface area contributed by atoms with E-state index in [1.807, 2.05) is 0 Å². The van der Waals surface area contributed by atoms with Gasteiger partial charge in [-0.25, -0.2) is 0 Å². The summed E-state index contributed by atoms with van der Waals surface area (Å²) in [7, 11) is 0. The molecule has 1 heterocycles. The van der Waals surface area contributed by atoms with Crippen LogP contribution in [0.2, 0.25) is 0 Å². The molecule has 0 saturated carbocycles. The predicted octanol–water partition coefficient (Wildman–Crippen LogP) is 2.41. The van der Waals surface area contributed by atoms with Crippen LogP contribution in [-0.4, -0.2) is 23.5 Å². The van der Waals surface area contributed by atoms with E-state index in [9.17, 15) is 0 Å². The molecular weight excluding hydrogens is 160 g/mol. The second-order valence-electron chi connectivity index (χ2n) is 5.08. The van der Waals surface area contributed by atoms with E-state index in [0.29, 0.717) is 0 Å². The van der Waals surface area contributed by atoms with Crippen molar-refractivity contribution in [2.45, 2.75) is 46.1 Å². The van der Waals surface area contributed by atoms with Crippen molar-refractivity contribution in [1.82, 2.24) is 4.90 Å². The average molecular weight is 180 g/mol. The van der Waals surface area contributed by atoms with Gasteiger partial charge in [0.15, 0.2) is 0 Å². The number of hydrogen-bond donors (Lipinski definition) is 0. The standard InChI is InChI=1S/C11H20N2/c1-5-6-13-9-11(4,8-12)7-10(13,2)3/h5-7,9H2,1-4H3. The number of nitrogens with zero attached hydrogens (tertiary/aromatic N) is 2. The first-order valence-corrected chi connectivity index (χ1v) is 5.10. The Morgan fingerprint density at radius 1 is 1.38 bits per heavy atom. The molecule has 0 amide bonds. The minimum atomic E-state index is -0.126. The second kappa shape index (κ2) is 3.31. The topological polar surface area (TPSA) is 27.0 Å². The predicted molar refractivity (Wildman–Crippen MR) is 54.3 cm³/mol. The van der Waals surface area contributed by atoms with Crippen molar-refractivity contribution in [3.8, 4) is 6.07 Å². The number of rotatable bonds is 2. The Morgan fingerprint density at radius 2 is 2.00 bits per heavy atom. The fraction of sp³-hybridized carbons (Fsp3) is 0.909. The summed E-state index contributed by atoms with van der Waals surface area (Å²) in [6, 6.07) is 2.44. The molecule has 1 fully saturated rings. The molecule has 1 aliphatic heterocycles. The highest BCUT2D eigenvalue weighted by molar-refractivity contribution is 5.09. The van der Waals surface area contributed by atoms with Crippen molar-refractivity contribution < 1.29 is 0 Å². The van der Waals surface area contributed by atoms with E-state index < -0.39 is 0 Å². The first-order valence-electron chi connectivity index (χ1n) is 5.10. The van der Waals surface area contributed by atoms with Gasteiger partial charge >= 0.3 is 0 Å². The van der Waals surface area contributed by atoms with Crippen molar-refractivity contribution in [3.63, 3.8) is 0 Å². The molecule has 0 aliphatic carbocycles. The summed E-state index contributed by atoms with van der Waals surface area (Å²) in [4.78, 5) is 2.44. The molecule has 0 aromatic heterocycles. The van der Waals surface area contributed by atoms with Gasteiger partial charge in [0.1, 0.15) is 0 Å². The molecule has 0 aromatic carbocycles. The van der Waals surface area contributed by atoms with Gasteiger partial charge in [0, 0.05) is 12.1 Å². The van der Waals surface area contributed by atoms with Gasteiger partial charge in [-0.1, -0.05) is 6.92 Å². The van der Waals surface area contributed by atoms with Crippen molar-refractivity contribution in [2.24, 2.45) is 5.41 Å². The van der Waals surface area contributed by atoms with E-state index in [0.717, 1.165) is 19.5 Å². The zero-order valence-corrected chi connectivity index (χ0v) is 9.22. The average Bonchev–Trinajstić information content (AvgIpc) is 2.24. The Hall–Kier alpha value is -0.550. The van der Waals surface area contributed by atoms with Gasteiger partial charge in [-0.05, 0) is 40.2 Å². The molecule has 1 atom stereocenters. The van der Waals surface area contributed by atoms with Crippen molar-refractivity contribution >= 4 is 0 Å². The van der Waals surface area contributed by atoms with E-state index >= 15 is 0 Å². The lowest BCUT2D eigenvalue weighted by molar-refractivity contribution is 0.174. The van der Waals surface area contributed by atoms with Crippen molar-refractivity contribution in [3.05, 3.63) is 0 Å². The summed E-state index contributed by atoms with van der Waals surface area (Å²) in [5.41, 5.74) is 0.0825. The first kappa shape index (κ1) is 10.5. The van der Waals surface area contributed by atoms with Crippen LogP contribution in [0.1, 0.15) is 40.5 Å². The van der Waals surface area contributed by atoms with E-state index in [-0.39, 0.29) is 11.0 Å². The minimum absolute atomic E-state index is 0.126. The van der Waals surface area contributed by atoms with Gasteiger partial charge in [-0.2, -0.15) is 5.26 Å². The summed E-state index contributed by atoms with van der Waals surface area (Å²) >= 11 is 0. The van der Waals surface area contributed by atoms with Crippen LogP contribution in [0.5, 0.6) is 0 Å². The molecule has 2 nitrogen and oxygen atoms in total. The molecule has 1 rings (SSSR count). The van der Waals surface area contributed by atoms with Gasteiger partial charge in [-0.15, -0.1) is 0 Å². The summed E-state index contributed by atoms with van der Waals surface area (Å²) in [6.45, 7) is 10.8. The molecule has 0 bridgehead atoms.